The summed E-state index contributed by atoms with van der Waals surface area (Å²) in [5.41, 5.74) is 2.13. The average molecular weight is 372 g/mol. The molecule has 1 aliphatic rings. The smallest absolute Gasteiger partial charge is 0.261 e. The van der Waals surface area contributed by atoms with E-state index in [1.165, 1.54) is 18.6 Å². The van der Waals surface area contributed by atoms with Gasteiger partial charge in [-0.1, -0.05) is 24.6 Å². The highest BCUT2D eigenvalue weighted by Gasteiger charge is 2.20. The molecule has 2 aromatic rings. The molecule has 0 heterocycles. The van der Waals surface area contributed by atoms with Crippen molar-refractivity contribution in [2.24, 2.45) is 0 Å². The first kappa shape index (κ1) is 18.5. The number of benzene rings is 2. The van der Waals surface area contributed by atoms with Crippen LogP contribution in [-0.2, 0) is 10.0 Å². The Balaban J connectivity index is 1.75. The summed E-state index contributed by atoms with van der Waals surface area (Å²) in [7, 11) is -3.66. The Labute approximate surface area is 155 Å². The summed E-state index contributed by atoms with van der Waals surface area (Å²) in [5.74, 6) is 0. The van der Waals surface area contributed by atoms with Gasteiger partial charge in [-0.2, -0.15) is 0 Å². The summed E-state index contributed by atoms with van der Waals surface area (Å²) in [6.45, 7) is 1.85. The fourth-order valence-corrected chi connectivity index (χ4v) is 4.34. The first-order valence-corrected chi connectivity index (χ1v) is 10.4. The number of rotatable bonds is 5. The fraction of sp³-hybridized carbons (Fsp3) is 0.350. The molecule has 0 bridgehead atoms. The molecular formula is C20H24N2O3S. The summed E-state index contributed by atoms with van der Waals surface area (Å²) in [4.78, 5) is 0.174. The molecule has 1 aliphatic carbocycles. The molecule has 6 heteroatoms. The lowest BCUT2D eigenvalue weighted by Crippen LogP contribution is -2.25. The standard InChI is InChI=1S/C20H24N2O3S/c1-16-7-5-6-10-20(16)21-26(24,25)19-13-11-17(12-14-19)15-22(23)18-8-3-2-4-9-18/h5-7,10-15,18,21H,2-4,8-9H2,1H3. The van der Waals surface area contributed by atoms with Gasteiger partial charge in [-0.25, -0.2) is 13.2 Å². The van der Waals surface area contributed by atoms with Crippen molar-refractivity contribution in [3.05, 3.63) is 64.9 Å². The Morgan fingerprint density at radius 2 is 1.69 bits per heavy atom. The third-order valence-corrected chi connectivity index (χ3v) is 6.17. The molecule has 2 aromatic carbocycles. The second-order valence-corrected chi connectivity index (χ2v) is 8.45. The molecule has 1 saturated carbocycles. The van der Waals surface area contributed by atoms with Crippen molar-refractivity contribution in [1.82, 2.24) is 0 Å². The van der Waals surface area contributed by atoms with E-state index in [-0.39, 0.29) is 10.9 Å². The Morgan fingerprint density at radius 3 is 2.35 bits per heavy atom. The van der Waals surface area contributed by atoms with E-state index in [2.05, 4.69) is 4.72 Å². The zero-order valence-corrected chi connectivity index (χ0v) is 15.7. The number of para-hydroxylation sites is 1. The number of aryl methyl sites for hydroxylation is 1. The number of hydrogen-bond acceptors (Lipinski definition) is 3. The molecule has 0 amide bonds. The fourth-order valence-electron chi connectivity index (χ4n) is 3.21. The molecule has 0 aliphatic heterocycles. The van der Waals surface area contributed by atoms with Crippen LogP contribution >= 0.6 is 0 Å². The van der Waals surface area contributed by atoms with E-state index in [0.717, 1.165) is 36.0 Å². The lowest BCUT2D eigenvalue weighted by atomic mass is 9.96. The molecule has 26 heavy (non-hydrogen) atoms. The molecule has 1 N–H and O–H groups in total. The molecule has 0 radical (unpaired) electrons. The topological polar surface area (TPSA) is 72.2 Å². The van der Waals surface area contributed by atoms with Gasteiger partial charge < -0.3 is 5.21 Å². The van der Waals surface area contributed by atoms with Gasteiger partial charge in [0.15, 0.2) is 12.3 Å². The lowest BCUT2D eigenvalue weighted by Gasteiger charge is -2.20. The van der Waals surface area contributed by atoms with Crippen LogP contribution in [0.5, 0.6) is 0 Å². The largest absolute Gasteiger partial charge is 0.624 e. The molecule has 5 nitrogen and oxygen atoms in total. The predicted octanol–water partition coefficient (Wildman–Crippen LogP) is 4.06. The second-order valence-electron chi connectivity index (χ2n) is 6.77. The second kappa shape index (κ2) is 7.91. The molecule has 0 atom stereocenters. The van der Waals surface area contributed by atoms with Gasteiger partial charge in [0, 0.05) is 18.4 Å². The Hall–Kier alpha value is -2.34. The average Bonchev–Trinajstić information content (AvgIpc) is 2.65. The van der Waals surface area contributed by atoms with Crippen LogP contribution in [0.15, 0.2) is 53.4 Å². The summed E-state index contributed by atoms with van der Waals surface area (Å²) in [6.07, 6.45) is 6.80. The lowest BCUT2D eigenvalue weighted by molar-refractivity contribution is -0.500. The van der Waals surface area contributed by atoms with E-state index in [1.54, 1.807) is 30.5 Å². The minimum atomic E-state index is -3.66. The summed E-state index contributed by atoms with van der Waals surface area (Å²) < 4.78 is 28.7. The van der Waals surface area contributed by atoms with Crippen molar-refractivity contribution in [2.75, 3.05) is 4.72 Å². The summed E-state index contributed by atoms with van der Waals surface area (Å²) >= 11 is 0. The van der Waals surface area contributed by atoms with Crippen LogP contribution in [0.2, 0.25) is 0 Å². The number of nitrogens with one attached hydrogen (secondary N) is 1. The Bertz CT molecular complexity index is 884. The zero-order chi connectivity index (χ0) is 18.6. The van der Waals surface area contributed by atoms with Gasteiger partial charge in [0.2, 0.25) is 0 Å². The SMILES string of the molecule is Cc1ccccc1NS(=O)(=O)c1ccc(C=[N+]([O-])C2CCCCC2)cc1. The van der Waals surface area contributed by atoms with E-state index in [0.29, 0.717) is 11.3 Å². The maximum atomic E-state index is 12.5. The number of hydrogen-bond donors (Lipinski definition) is 1. The van der Waals surface area contributed by atoms with Gasteiger partial charge in [0.05, 0.1) is 10.6 Å². The summed E-state index contributed by atoms with van der Waals surface area (Å²) in [6, 6.07) is 13.7. The number of sulfonamides is 1. The number of hydroxylamine groups is 1. The van der Waals surface area contributed by atoms with Crippen LogP contribution in [0.3, 0.4) is 0 Å². The van der Waals surface area contributed by atoms with Crippen LogP contribution in [0, 0.1) is 12.1 Å². The van der Waals surface area contributed by atoms with Crippen molar-refractivity contribution in [3.63, 3.8) is 0 Å². The van der Waals surface area contributed by atoms with E-state index in [1.807, 2.05) is 19.1 Å². The van der Waals surface area contributed by atoms with Crippen molar-refractivity contribution < 1.29 is 13.2 Å². The quantitative estimate of drug-likeness (QED) is 0.372. The van der Waals surface area contributed by atoms with Crippen molar-refractivity contribution in [2.45, 2.75) is 50.0 Å². The van der Waals surface area contributed by atoms with E-state index in [4.69, 9.17) is 0 Å². The van der Waals surface area contributed by atoms with Gasteiger partial charge in [0.1, 0.15) is 0 Å². The third-order valence-electron chi connectivity index (χ3n) is 4.79. The van der Waals surface area contributed by atoms with Crippen molar-refractivity contribution in [3.8, 4) is 0 Å². The molecule has 0 saturated heterocycles. The minimum absolute atomic E-state index is 0.0369. The third kappa shape index (κ3) is 4.43. The van der Waals surface area contributed by atoms with Crippen LogP contribution in [-0.4, -0.2) is 25.4 Å². The highest BCUT2D eigenvalue weighted by atomic mass is 32.2. The van der Waals surface area contributed by atoms with Crippen LogP contribution in [0.4, 0.5) is 5.69 Å². The first-order valence-electron chi connectivity index (χ1n) is 8.94. The van der Waals surface area contributed by atoms with Gasteiger partial charge in [-0.15, -0.1) is 0 Å². The van der Waals surface area contributed by atoms with Crippen molar-refractivity contribution >= 4 is 21.9 Å². The molecular weight excluding hydrogens is 348 g/mol. The highest BCUT2D eigenvalue weighted by molar-refractivity contribution is 7.92. The summed E-state index contributed by atoms with van der Waals surface area (Å²) in [5, 5.41) is 12.3. The van der Waals surface area contributed by atoms with E-state index >= 15 is 0 Å². The van der Waals surface area contributed by atoms with Gasteiger partial charge in [-0.05, 0) is 55.7 Å². The molecule has 1 fully saturated rings. The Kier molecular flexibility index (Phi) is 5.61. The van der Waals surface area contributed by atoms with E-state index < -0.39 is 10.0 Å². The monoisotopic (exact) mass is 372 g/mol. The first-order chi connectivity index (χ1) is 12.5. The maximum absolute atomic E-state index is 12.5. The normalized spacial score (nSPS) is 16.4. The maximum Gasteiger partial charge on any atom is 0.261 e. The molecule has 138 valence electrons. The van der Waals surface area contributed by atoms with Crippen LogP contribution in [0.1, 0.15) is 43.2 Å². The van der Waals surface area contributed by atoms with Gasteiger partial charge >= 0.3 is 0 Å². The Morgan fingerprint density at radius 1 is 1.04 bits per heavy atom. The van der Waals surface area contributed by atoms with Crippen molar-refractivity contribution in [1.29, 1.82) is 0 Å². The van der Waals surface area contributed by atoms with Crippen LogP contribution in [0.25, 0.3) is 0 Å². The zero-order valence-electron chi connectivity index (χ0n) is 14.9. The number of anilines is 1. The molecule has 0 unspecified atom stereocenters. The van der Waals surface area contributed by atoms with Gasteiger partial charge in [0.25, 0.3) is 10.0 Å². The molecule has 3 rings (SSSR count). The number of nitrogens with zero attached hydrogens (tertiary/aromatic N) is 1. The predicted molar refractivity (Wildman–Crippen MR) is 104 cm³/mol. The highest BCUT2D eigenvalue weighted by Crippen LogP contribution is 2.21. The minimum Gasteiger partial charge on any atom is -0.624 e. The van der Waals surface area contributed by atoms with Crippen LogP contribution < -0.4 is 4.72 Å². The van der Waals surface area contributed by atoms with Gasteiger partial charge in [-0.3, -0.25) is 4.72 Å². The molecule has 0 spiro atoms. The van der Waals surface area contributed by atoms with E-state index in [9.17, 15) is 13.6 Å². The molecule has 0 aromatic heterocycles.